The summed E-state index contributed by atoms with van der Waals surface area (Å²) >= 11 is 0. The van der Waals surface area contributed by atoms with Crippen molar-refractivity contribution in [2.24, 2.45) is 0 Å². The average molecular weight is 273 g/mol. The van der Waals surface area contributed by atoms with Gasteiger partial charge in [-0.3, -0.25) is 0 Å². The predicted octanol–water partition coefficient (Wildman–Crippen LogP) is 2.74. The van der Waals surface area contributed by atoms with Gasteiger partial charge >= 0.3 is 0 Å². The first-order valence-corrected chi connectivity index (χ1v) is 6.56. The van der Waals surface area contributed by atoms with E-state index in [0.29, 0.717) is 18.9 Å². The fourth-order valence-corrected chi connectivity index (χ4v) is 1.86. The standard InChI is InChI=1S/C16H19NO3/c1-2-19-16-8-5-14(17)9-13(16)11-20-15-6-3-12(10-18)4-7-15/h3-9,18H,2,10-11,17H2,1H3. The second kappa shape index (κ2) is 6.82. The Morgan fingerprint density at radius 2 is 1.80 bits per heavy atom. The van der Waals surface area contributed by atoms with Crippen LogP contribution in [0.3, 0.4) is 0 Å². The Hall–Kier alpha value is -2.20. The van der Waals surface area contributed by atoms with Gasteiger partial charge in [0.05, 0.1) is 13.2 Å². The molecule has 0 aliphatic heterocycles. The molecule has 0 spiro atoms. The lowest BCUT2D eigenvalue weighted by atomic mass is 10.2. The zero-order valence-electron chi connectivity index (χ0n) is 11.5. The molecule has 0 saturated carbocycles. The molecule has 0 aliphatic carbocycles. The third-order valence-electron chi connectivity index (χ3n) is 2.88. The van der Waals surface area contributed by atoms with Gasteiger partial charge in [0.15, 0.2) is 0 Å². The molecule has 0 unspecified atom stereocenters. The number of hydrogen-bond donors (Lipinski definition) is 2. The third-order valence-corrected chi connectivity index (χ3v) is 2.88. The molecule has 20 heavy (non-hydrogen) atoms. The Morgan fingerprint density at radius 3 is 2.45 bits per heavy atom. The molecule has 0 aliphatic rings. The van der Waals surface area contributed by atoms with Crippen LogP contribution in [0, 0.1) is 0 Å². The minimum absolute atomic E-state index is 0.0317. The van der Waals surface area contributed by atoms with Crippen LogP contribution in [0.4, 0.5) is 5.69 Å². The molecule has 4 heteroatoms. The number of aliphatic hydroxyl groups is 1. The van der Waals surface area contributed by atoms with Gasteiger partial charge in [-0.15, -0.1) is 0 Å². The highest BCUT2D eigenvalue weighted by molar-refractivity contribution is 5.47. The molecule has 0 atom stereocenters. The summed E-state index contributed by atoms with van der Waals surface area (Å²) in [6.07, 6.45) is 0. The van der Waals surface area contributed by atoms with Gasteiger partial charge in [0, 0.05) is 11.3 Å². The van der Waals surface area contributed by atoms with E-state index in [1.807, 2.05) is 49.4 Å². The number of rotatable bonds is 6. The highest BCUT2D eigenvalue weighted by Crippen LogP contribution is 2.23. The Kier molecular flexibility index (Phi) is 4.85. The summed E-state index contributed by atoms with van der Waals surface area (Å²) < 4.78 is 11.3. The topological polar surface area (TPSA) is 64.7 Å². The molecular formula is C16H19NO3. The van der Waals surface area contributed by atoms with E-state index in [1.54, 1.807) is 0 Å². The number of benzene rings is 2. The molecular weight excluding hydrogens is 254 g/mol. The van der Waals surface area contributed by atoms with Crippen molar-refractivity contribution in [1.29, 1.82) is 0 Å². The molecule has 0 aromatic heterocycles. The van der Waals surface area contributed by atoms with Gasteiger partial charge in [0.25, 0.3) is 0 Å². The number of hydrogen-bond acceptors (Lipinski definition) is 4. The van der Waals surface area contributed by atoms with Crippen molar-refractivity contribution in [3.8, 4) is 11.5 Å². The highest BCUT2D eigenvalue weighted by atomic mass is 16.5. The molecule has 0 radical (unpaired) electrons. The van der Waals surface area contributed by atoms with E-state index in [-0.39, 0.29) is 6.61 Å². The zero-order chi connectivity index (χ0) is 14.4. The third kappa shape index (κ3) is 3.65. The predicted molar refractivity (Wildman–Crippen MR) is 78.7 cm³/mol. The molecule has 0 fully saturated rings. The van der Waals surface area contributed by atoms with Crippen LogP contribution in [-0.4, -0.2) is 11.7 Å². The number of ether oxygens (including phenoxy) is 2. The average Bonchev–Trinajstić information content (AvgIpc) is 2.48. The molecule has 0 heterocycles. The summed E-state index contributed by atoms with van der Waals surface area (Å²) in [4.78, 5) is 0. The van der Waals surface area contributed by atoms with Crippen molar-refractivity contribution in [1.82, 2.24) is 0 Å². The van der Waals surface area contributed by atoms with Gasteiger partial charge in [-0.25, -0.2) is 0 Å². The maximum absolute atomic E-state index is 8.99. The fraction of sp³-hybridized carbons (Fsp3) is 0.250. The van der Waals surface area contributed by atoms with Gasteiger partial charge in [-0.05, 0) is 42.8 Å². The molecule has 0 amide bonds. The van der Waals surface area contributed by atoms with Crippen molar-refractivity contribution in [2.45, 2.75) is 20.1 Å². The van der Waals surface area contributed by atoms with Gasteiger partial charge in [0.1, 0.15) is 18.1 Å². The Morgan fingerprint density at radius 1 is 1.05 bits per heavy atom. The summed E-state index contributed by atoms with van der Waals surface area (Å²) in [6.45, 7) is 2.96. The Labute approximate surface area is 118 Å². The van der Waals surface area contributed by atoms with Crippen LogP contribution in [0.1, 0.15) is 18.1 Å². The number of aliphatic hydroxyl groups excluding tert-OH is 1. The van der Waals surface area contributed by atoms with E-state index in [4.69, 9.17) is 20.3 Å². The summed E-state index contributed by atoms with van der Waals surface area (Å²) in [5, 5.41) is 8.99. The van der Waals surface area contributed by atoms with E-state index in [9.17, 15) is 0 Å². The van der Waals surface area contributed by atoms with Gasteiger partial charge in [-0.1, -0.05) is 12.1 Å². The highest BCUT2D eigenvalue weighted by Gasteiger charge is 2.05. The molecule has 2 rings (SSSR count). The van der Waals surface area contributed by atoms with Crippen LogP contribution < -0.4 is 15.2 Å². The van der Waals surface area contributed by atoms with Gasteiger partial charge < -0.3 is 20.3 Å². The summed E-state index contributed by atoms with van der Waals surface area (Å²) in [7, 11) is 0. The Bertz CT molecular complexity index is 552. The fourth-order valence-electron chi connectivity index (χ4n) is 1.86. The lowest BCUT2D eigenvalue weighted by Crippen LogP contribution is -2.02. The van der Waals surface area contributed by atoms with Crippen LogP contribution in [0.5, 0.6) is 11.5 Å². The molecule has 3 N–H and O–H groups in total. The van der Waals surface area contributed by atoms with Crippen molar-refractivity contribution in [2.75, 3.05) is 12.3 Å². The van der Waals surface area contributed by atoms with Crippen LogP contribution in [0.25, 0.3) is 0 Å². The minimum atomic E-state index is 0.0317. The van der Waals surface area contributed by atoms with Crippen LogP contribution in [-0.2, 0) is 13.2 Å². The van der Waals surface area contributed by atoms with Crippen molar-refractivity contribution in [3.63, 3.8) is 0 Å². The van der Waals surface area contributed by atoms with Crippen molar-refractivity contribution in [3.05, 3.63) is 53.6 Å². The summed E-state index contributed by atoms with van der Waals surface area (Å²) in [5.74, 6) is 1.53. The SMILES string of the molecule is CCOc1ccc(N)cc1COc1ccc(CO)cc1. The molecule has 4 nitrogen and oxygen atoms in total. The van der Waals surface area contributed by atoms with Crippen LogP contribution in [0.2, 0.25) is 0 Å². The van der Waals surface area contributed by atoms with E-state index < -0.39 is 0 Å². The lowest BCUT2D eigenvalue weighted by Gasteiger charge is -2.12. The summed E-state index contributed by atoms with van der Waals surface area (Å²) in [6, 6.07) is 12.8. The molecule has 0 bridgehead atoms. The Balaban J connectivity index is 2.07. The second-order valence-electron chi connectivity index (χ2n) is 4.39. The molecule has 2 aromatic rings. The first-order chi connectivity index (χ1) is 9.72. The van der Waals surface area contributed by atoms with Crippen LogP contribution in [0.15, 0.2) is 42.5 Å². The zero-order valence-corrected chi connectivity index (χ0v) is 11.5. The maximum atomic E-state index is 8.99. The molecule has 2 aromatic carbocycles. The van der Waals surface area contributed by atoms with Gasteiger partial charge in [0.2, 0.25) is 0 Å². The smallest absolute Gasteiger partial charge is 0.126 e. The second-order valence-corrected chi connectivity index (χ2v) is 4.39. The van der Waals surface area contributed by atoms with E-state index in [1.165, 1.54) is 0 Å². The molecule has 0 saturated heterocycles. The first-order valence-electron chi connectivity index (χ1n) is 6.56. The largest absolute Gasteiger partial charge is 0.493 e. The van der Waals surface area contributed by atoms with E-state index in [0.717, 1.165) is 22.6 Å². The number of nitrogens with two attached hydrogens (primary N) is 1. The lowest BCUT2D eigenvalue weighted by molar-refractivity contribution is 0.279. The maximum Gasteiger partial charge on any atom is 0.126 e. The van der Waals surface area contributed by atoms with E-state index in [2.05, 4.69) is 0 Å². The minimum Gasteiger partial charge on any atom is -0.493 e. The monoisotopic (exact) mass is 273 g/mol. The van der Waals surface area contributed by atoms with Crippen molar-refractivity contribution >= 4 is 5.69 Å². The van der Waals surface area contributed by atoms with Crippen molar-refractivity contribution < 1.29 is 14.6 Å². The quantitative estimate of drug-likeness (QED) is 0.794. The van der Waals surface area contributed by atoms with Gasteiger partial charge in [-0.2, -0.15) is 0 Å². The normalized spacial score (nSPS) is 10.3. The van der Waals surface area contributed by atoms with E-state index >= 15 is 0 Å². The summed E-state index contributed by atoms with van der Waals surface area (Å²) in [5.41, 5.74) is 8.25. The van der Waals surface area contributed by atoms with Crippen LogP contribution >= 0.6 is 0 Å². The molecule has 106 valence electrons. The first kappa shape index (κ1) is 14.2. The number of nitrogen functional groups attached to an aromatic ring is 1. The number of anilines is 1.